The van der Waals surface area contributed by atoms with Crippen molar-refractivity contribution in [3.05, 3.63) is 0 Å². The van der Waals surface area contributed by atoms with Gasteiger partial charge in [-0.2, -0.15) is 0 Å². The number of carbonyl (C=O) groups is 3. The minimum atomic E-state index is -1.07. The second-order valence-electron chi connectivity index (χ2n) is 5.24. The molecule has 18 heavy (non-hydrogen) atoms. The van der Waals surface area contributed by atoms with E-state index in [0.717, 1.165) is 0 Å². The van der Waals surface area contributed by atoms with E-state index in [4.69, 9.17) is 5.11 Å². The Bertz CT molecular complexity index is 321. The second-order valence-corrected chi connectivity index (χ2v) is 5.24. The van der Waals surface area contributed by atoms with Crippen molar-refractivity contribution in [2.24, 2.45) is 5.41 Å². The summed E-state index contributed by atoms with van der Waals surface area (Å²) < 4.78 is 0. The number of hydrogen-bond donors (Lipinski definition) is 3. The highest BCUT2D eigenvalue weighted by Crippen LogP contribution is 2.12. The summed E-state index contributed by atoms with van der Waals surface area (Å²) in [4.78, 5) is 33.3. The summed E-state index contributed by atoms with van der Waals surface area (Å²) in [6.07, 6.45) is 0.683. The van der Waals surface area contributed by atoms with E-state index < -0.39 is 17.4 Å². The maximum absolute atomic E-state index is 11.5. The molecule has 0 aliphatic carbocycles. The average molecular weight is 258 g/mol. The highest BCUT2D eigenvalue weighted by molar-refractivity contribution is 5.83. The fraction of sp³-hybridized carbons (Fsp3) is 0.750. The van der Waals surface area contributed by atoms with E-state index in [9.17, 15) is 14.4 Å². The van der Waals surface area contributed by atoms with Crippen LogP contribution in [0.5, 0.6) is 0 Å². The molecule has 0 saturated carbocycles. The lowest BCUT2D eigenvalue weighted by atomic mass is 9.96. The molecule has 0 aromatic rings. The van der Waals surface area contributed by atoms with Gasteiger partial charge in [0.15, 0.2) is 0 Å². The Balaban J connectivity index is 3.77. The molecule has 1 atom stereocenters. The Morgan fingerprint density at radius 2 is 1.78 bits per heavy atom. The topological polar surface area (TPSA) is 95.5 Å². The molecular formula is C12H22N2O4. The van der Waals surface area contributed by atoms with Gasteiger partial charge in [-0.3, -0.25) is 14.4 Å². The summed E-state index contributed by atoms with van der Waals surface area (Å²) >= 11 is 0. The number of carboxylic acid groups (broad SMARTS) is 1. The van der Waals surface area contributed by atoms with Gasteiger partial charge in [0, 0.05) is 18.4 Å². The molecule has 6 heteroatoms. The van der Waals surface area contributed by atoms with Crippen molar-refractivity contribution >= 4 is 17.8 Å². The average Bonchev–Trinajstić information content (AvgIpc) is 2.22. The minimum absolute atomic E-state index is 0.0678. The lowest BCUT2D eigenvalue weighted by Gasteiger charge is -2.17. The summed E-state index contributed by atoms with van der Waals surface area (Å²) in [7, 11) is 0. The van der Waals surface area contributed by atoms with Crippen molar-refractivity contribution in [3.63, 3.8) is 0 Å². The molecule has 0 unspecified atom stereocenters. The predicted molar refractivity (Wildman–Crippen MR) is 66.9 cm³/mol. The lowest BCUT2D eigenvalue weighted by Crippen LogP contribution is -2.39. The first-order chi connectivity index (χ1) is 8.14. The van der Waals surface area contributed by atoms with Crippen LogP contribution in [0.3, 0.4) is 0 Å². The highest BCUT2D eigenvalue weighted by Gasteiger charge is 2.20. The van der Waals surface area contributed by atoms with Gasteiger partial charge in [-0.15, -0.1) is 0 Å². The van der Waals surface area contributed by atoms with E-state index >= 15 is 0 Å². The molecule has 0 radical (unpaired) electrons. The van der Waals surface area contributed by atoms with E-state index in [1.54, 1.807) is 0 Å². The number of carboxylic acids is 1. The van der Waals surface area contributed by atoms with Crippen LogP contribution in [0.4, 0.5) is 0 Å². The van der Waals surface area contributed by atoms with Crippen LogP contribution in [-0.4, -0.2) is 35.5 Å². The number of hydrogen-bond acceptors (Lipinski definition) is 3. The van der Waals surface area contributed by atoms with Gasteiger partial charge in [0.1, 0.15) is 6.04 Å². The smallest absolute Gasteiger partial charge is 0.325 e. The Labute approximate surface area is 107 Å². The maximum atomic E-state index is 11.5. The molecule has 0 aromatic carbocycles. The van der Waals surface area contributed by atoms with Gasteiger partial charge in [-0.25, -0.2) is 0 Å². The molecule has 6 nitrogen and oxygen atoms in total. The van der Waals surface area contributed by atoms with Crippen molar-refractivity contribution in [1.29, 1.82) is 0 Å². The maximum Gasteiger partial charge on any atom is 0.325 e. The molecule has 3 N–H and O–H groups in total. The first-order valence-electron chi connectivity index (χ1n) is 5.95. The van der Waals surface area contributed by atoms with Gasteiger partial charge in [0.2, 0.25) is 11.8 Å². The molecule has 0 saturated heterocycles. The third kappa shape index (κ3) is 6.88. The second kappa shape index (κ2) is 6.98. The van der Waals surface area contributed by atoms with Crippen LogP contribution in [0.25, 0.3) is 0 Å². The van der Waals surface area contributed by atoms with Crippen molar-refractivity contribution in [1.82, 2.24) is 10.6 Å². The molecule has 0 fully saturated rings. The SMILES string of the molecule is C[C@H](NC(=O)CCCNC(=O)C(C)(C)C)C(=O)O. The number of amides is 2. The minimum Gasteiger partial charge on any atom is -0.480 e. The van der Waals surface area contributed by atoms with Crippen LogP contribution in [-0.2, 0) is 14.4 Å². The standard InChI is InChI=1S/C12H22N2O4/c1-8(10(16)17)14-9(15)6-5-7-13-11(18)12(2,3)4/h8H,5-7H2,1-4H3,(H,13,18)(H,14,15)(H,16,17)/t8-/m0/s1. The van der Waals surface area contributed by atoms with Gasteiger partial charge >= 0.3 is 5.97 Å². The number of aliphatic carboxylic acids is 1. The molecule has 0 rings (SSSR count). The summed E-state index contributed by atoms with van der Waals surface area (Å²) in [5.74, 6) is -1.46. The lowest BCUT2D eigenvalue weighted by molar-refractivity contribution is -0.141. The van der Waals surface area contributed by atoms with E-state index in [2.05, 4.69) is 10.6 Å². The summed E-state index contributed by atoms with van der Waals surface area (Å²) in [6.45, 7) is 7.24. The fourth-order valence-corrected chi connectivity index (χ4v) is 1.09. The monoisotopic (exact) mass is 258 g/mol. The Morgan fingerprint density at radius 3 is 2.22 bits per heavy atom. The zero-order valence-corrected chi connectivity index (χ0v) is 11.4. The first-order valence-corrected chi connectivity index (χ1v) is 5.95. The van der Waals surface area contributed by atoms with E-state index in [0.29, 0.717) is 13.0 Å². The van der Waals surface area contributed by atoms with Crippen LogP contribution >= 0.6 is 0 Å². The Hall–Kier alpha value is -1.59. The normalized spacial score (nSPS) is 12.7. The van der Waals surface area contributed by atoms with Crippen LogP contribution < -0.4 is 10.6 Å². The summed E-state index contributed by atoms with van der Waals surface area (Å²) in [6, 6.07) is -0.887. The quantitative estimate of drug-likeness (QED) is 0.605. The molecule has 0 aliphatic heterocycles. The predicted octanol–water partition coefficient (Wildman–Crippen LogP) is 0.518. The van der Waals surface area contributed by atoms with Gasteiger partial charge in [0.25, 0.3) is 0 Å². The number of carbonyl (C=O) groups excluding carboxylic acids is 2. The summed E-state index contributed by atoms with van der Waals surface area (Å²) in [5, 5.41) is 13.7. The molecule has 0 spiro atoms. The first kappa shape index (κ1) is 16.4. The molecule has 0 aliphatic rings. The summed E-state index contributed by atoms with van der Waals surface area (Å²) in [5.41, 5.74) is -0.444. The molecule has 0 bridgehead atoms. The number of nitrogens with one attached hydrogen (secondary N) is 2. The molecule has 2 amide bonds. The molecule has 0 aromatic heterocycles. The third-order valence-corrected chi connectivity index (χ3v) is 2.30. The Morgan fingerprint density at radius 1 is 1.22 bits per heavy atom. The van der Waals surface area contributed by atoms with Gasteiger partial charge in [-0.05, 0) is 13.3 Å². The highest BCUT2D eigenvalue weighted by atomic mass is 16.4. The zero-order valence-electron chi connectivity index (χ0n) is 11.4. The zero-order chi connectivity index (χ0) is 14.3. The van der Waals surface area contributed by atoms with Crippen molar-refractivity contribution in [3.8, 4) is 0 Å². The van der Waals surface area contributed by atoms with Crippen LogP contribution in [0, 0.1) is 5.41 Å². The number of rotatable bonds is 6. The third-order valence-electron chi connectivity index (χ3n) is 2.30. The van der Waals surface area contributed by atoms with Gasteiger partial charge < -0.3 is 15.7 Å². The van der Waals surface area contributed by atoms with E-state index in [-0.39, 0.29) is 18.2 Å². The molecule has 104 valence electrons. The largest absolute Gasteiger partial charge is 0.480 e. The Kier molecular flexibility index (Phi) is 6.36. The van der Waals surface area contributed by atoms with Crippen molar-refractivity contribution in [2.75, 3.05) is 6.54 Å². The molecule has 0 heterocycles. The fourth-order valence-electron chi connectivity index (χ4n) is 1.09. The van der Waals surface area contributed by atoms with Gasteiger partial charge in [0.05, 0.1) is 0 Å². The van der Waals surface area contributed by atoms with E-state index in [1.807, 2.05) is 20.8 Å². The van der Waals surface area contributed by atoms with Crippen molar-refractivity contribution < 1.29 is 19.5 Å². The van der Waals surface area contributed by atoms with Crippen molar-refractivity contribution in [2.45, 2.75) is 46.6 Å². The van der Waals surface area contributed by atoms with Crippen LogP contribution in [0.15, 0.2) is 0 Å². The van der Waals surface area contributed by atoms with E-state index in [1.165, 1.54) is 6.92 Å². The van der Waals surface area contributed by atoms with Gasteiger partial charge in [-0.1, -0.05) is 20.8 Å². The van der Waals surface area contributed by atoms with Crippen LogP contribution in [0.2, 0.25) is 0 Å². The molecular weight excluding hydrogens is 236 g/mol. The van der Waals surface area contributed by atoms with Crippen LogP contribution in [0.1, 0.15) is 40.5 Å².